The van der Waals surface area contributed by atoms with Gasteiger partial charge >= 0.3 is 6.29 Å². The molecule has 3 atom stereocenters. The quantitative estimate of drug-likeness (QED) is 0.799. The predicted octanol–water partition coefficient (Wildman–Crippen LogP) is 3.07. The normalized spacial score (nSPS) is 33.1. The van der Waals surface area contributed by atoms with Crippen LogP contribution in [0.4, 0.5) is 8.78 Å². The van der Waals surface area contributed by atoms with E-state index >= 15 is 0 Å². The molecule has 1 aromatic rings. The molecule has 3 aliphatic heterocycles. The molecule has 1 saturated heterocycles. The van der Waals surface area contributed by atoms with Gasteiger partial charge in [0, 0.05) is 16.0 Å². The maximum Gasteiger partial charge on any atom is 0.586 e. The Labute approximate surface area is 117 Å². The second kappa shape index (κ2) is 4.04. The number of hydrogen-bond donors (Lipinski definition) is 0. The Morgan fingerprint density at radius 1 is 1.20 bits per heavy atom. The van der Waals surface area contributed by atoms with Crippen LogP contribution in [0, 0.1) is 0 Å². The van der Waals surface area contributed by atoms with Crippen molar-refractivity contribution in [1.82, 2.24) is 0 Å². The minimum absolute atomic E-state index is 0.0571. The summed E-state index contributed by atoms with van der Waals surface area (Å²) in [4.78, 5) is 0. The number of benzene rings is 1. The number of halogens is 2. The van der Waals surface area contributed by atoms with E-state index < -0.39 is 17.1 Å². The molecule has 20 heavy (non-hydrogen) atoms. The van der Waals surface area contributed by atoms with E-state index in [9.17, 15) is 13.0 Å². The van der Waals surface area contributed by atoms with Crippen molar-refractivity contribution in [2.75, 3.05) is 0 Å². The second-order valence-corrected chi connectivity index (χ2v) is 7.22. The first-order chi connectivity index (χ1) is 9.52. The molecule has 0 amide bonds. The highest BCUT2D eigenvalue weighted by molar-refractivity contribution is 7.86. The van der Waals surface area contributed by atoms with Crippen LogP contribution < -0.4 is 9.47 Å². The smallest absolute Gasteiger partial charge is 0.395 e. The van der Waals surface area contributed by atoms with Gasteiger partial charge in [0.15, 0.2) is 11.5 Å². The van der Waals surface area contributed by atoms with Gasteiger partial charge in [-0.2, -0.15) is 0 Å². The molecule has 4 rings (SSSR count). The van der Waals surface area contributed by atoms with Crippen molar-refractivity contribution in [3.05, 3.63) is 29.8 Å². The van der Waals surface area contributed by atoms with Crippen LogP contribution in [-0.4, -0.2) is 21.0 Å². The topological polar surface area (TPSA) is 35.5 Å². The first kappa shape index (κ1) is 12.3. The average Bonchev–Trinajstić information content (AvgIpc) is 2.79. The standard InChI is InChI=1S/C14H12F2O3S/c15-14(16)18-12-4-1-8(7-13(12)19-14)9-5-10-2-3-11(6-9)20(10)17/h1,4-5,7,10-11H,2-3,6H2. The first-order valence-corrected chi connectivity index (χ1v) is 7.80. The van der Waals surface area contributed by atoms with Gasteiger partial charge in [-0.05, 0) is 42.5 Å². The van der Waals surface area contributed by atoms with E-state index in [4.69, 9.17) is 0 Å². The van der Waals surface area contributed by atoms with Crippen molar-refractivity contribution in [2.24, 2.45) is 0 Å². The van der Waals surface area contributed by atoms with Gasteiger partial charge in [0.1, 0.15) is 0 Å². The van der Waals surface area contributed by atoms with Gasteiger partial charge < -0.3 is 9.47 Å². The number of hydrogen-bond acceptors (Lipinski definition) is 3. The van der Waals surface area contributed by atoms with Crippen LogP contribution in [0.5, 0.6) is 11.5 Å². The minimum Gasteiger partial charge on any atom is -0.395 e. The van der Waals surface area contributed by atoms with Crippen molar-refractivity contribution in [1.29, 1.82) is 0 Å². The Morgan fingerprint density at radius 3 is 2.80 bits per heavy atom. The van der Waals surface area contributed by atoms with Crippen molar-refractivity contribution in [2.45, 2.75) is 36.1 Å². The summed E-state index contributed by atoms with van der Waals surface area (Å²) in [5.41, 5.74) is 1.91. The van der Waals surface area contributed by atoms with Crippen molar-refractivity contribution >= 4 is 16.4 Å². The highest BCUT2D eigenvalue weighted by Gasteiger charge is 2.43. The minimum atomic E-state index is -3.58. The van der Waals surface area contributed by atoms with Crippen molar-refractivity contribution in [3.8, 4) is 11.5 Å². The first-order valence-electron chi connectivity index (χ1n) is 6.52. The second-order valence-electron chi connectivity index (χ2n) is 5.29. The highest BCUT2D eigenvalue weighted by atomic mass is 32.2. The van der Waals surface area contributed by atoms with Crippen LogP contribution in [0.15, 0.2) is 24.3 Å². The third-order valence-electron chi connectivity index (χ3n) is 4.01. The third-order valence-corrected chi connectivity index (χ3v) is 6.03. The molecule has 0 N–H and O–H groups in total. The molecule has 3 heterocycles. The molecule has 3 unspecified atom stereocenters. The predicted molar refractivity (Wildman–Crippen MR) is 70.2 cm³/mol. The molecule has 0 saturated carbocycles. The molecular formula is C14H12F2O3S. The van der Waals surface area contributed by atoms with Gasteiger partial charge in [0.2, 0.25) is 0 Å². The maximum atomic E-state index is 13.0. The van der Waals surface area contributed by atoms with Gasteiger partial charge in [-0.3, -0.25) is 4.21 Å². The van der Waals surface area contributed by atoms with Crippen LogP contribution in [0.1, 0.15) is 24.8 Å². The molecule has 0 aliphatic carbocycles. The molecule has 0 spiro atoms. The fourth-order valence-corrected chi connectivity index (χ4v) is 4.94. The number of alkyl halides is 2. The fraction of sp³-hybridized carbons (Fsp3) is 0.429. The van der Waals surface area contributed by atoms with Gasteiger partial charge in [-0.1, -0.05) is 12.1 Å². The lowest BCUT2D eigenvalue weighted by Gasteiger charge is -2.19. The van der Waals surface area contributed by atoms with E-state index in [1.165, 1.54) is 6.07 Å². The molecule has 3 nitrogen and oxygen atoms in total. The SMILES string of the molecule is O=S1C2C=C(c3ccc4c(c3)OC(F)(F)O4)CC1CC2. The van der Waals surface area contributed by atoms with Crippen LogP contribution in [-0.2, 0) is 10.8 Å². The largest absolute Gasteiger partial charge is 0.586 e. The molecule has 0 radical (unpaired) electrons. The third kappa shape index (κ3) is 1.85. The number of rotatable bonds is 1. The molecule has 1 fully saturated rings. The Kier molecular flexibility index (Phi) is 2.49. The Hall–Kier alpha value is -1.43. The van der Waals surface area contributed by atoms with Crippen LogP contribution in [0.3, 0.4) is 0 Å². The summed E-state index contributed by atoms with van der Waals surface area (Å²) in [5.74, 6) is 0.120. The zero-order valence-electron chi connectivity index (χ0n) is 10.5. The lowest BCUT2D eigenvalue weighted by molar-refractivity contribution is -0.286. The summed E-state index contributed by atoms with van der Waals surface area (Å²) in [7, 11) is -0.777. The van der Waals surface area contributed by atoms with Crippen molar-refractivity contribution < 1.29 is 22.5 Å². The fourth-order valence-electron chi connectivity index (χ4n) is 3.06. The summed E-state index contributed by atoms with van der Waals surface area (Å²) in [6, 6.07) is 4.83. The zero-order valence-corrected chi connectivity index (χ0v) is 11.3. The molecule has 106 valence electrons. The number of ether oxygens (including phenoxy) is 2. The van der Waals surface area contributed by atoms with Crippen molar-refractivity contribution in [3.63, 3.8) is 0 Å². The summed E-state index contributed by atoms with van der Waals surface area (Å²) >= 11 is 0. The molecular weight excluding hydrogens is 286 g/mol. The monoisotopic (exact) mass is 298 g/mol. The molecule has 0 aromatic heterocycles. The van der Waals surface area contributed by atoms with Crippen LogP contribution in [0.2, 0.25) is 0 Å². The van der Waals surface area contributed by atoms with E-state index in [0.717, 1.165) is 30.4 Å². The van der Waals surface area contributed by atoms with Gasteiger partial charge in [-0.15, -0.1) is 8.78 Å². The van der Waals surface area contributed by atoms with E-state index in [1.54, 1.807) is 12.1 Å². The maximum absolute atomic E-state index is 13.0. The molecule has 6 heteroatoms. The summed E-state index contributed by atoms with van der Waals surface area (Å²) in [6.45, 7) is 0. The lowest BCUT2D eigenvalue weighted by atomic mass is 10.0. The summed E-state index contributed by atoms with van der Waals surface area (Å²) < 4.78 is 46.8. The molecule has 2 bridgehead atoms. The van der Waals surface area contributed by atoms with E-state index in [1.807, 2.05) is 6.08 Å². The van der Waals surface area contributed by atoms with Gasteiger partial charge in [0.25, 0.3) is 0 Å². The molecule has 1 aromatic carbocycles. The van der Waals surface area contributed by atoms with E-state index in [-0.39, 0.29) is 22.0 Å². The Morgan fingerprint density at radius 2 is 2.00 bits per heavy atom. The Balaban J connectivity index is 1.69. The van der Waals surface area contributed by atoms with Crippen LogP contribution in [0.25, 0.3) is 5.57 Å². The zero-order chi connectivity index (χ0) is 13.9. The van der Waals surface area contributed by atoms with E-state index in [2.05, 4.69) is 9.47 Å². The highest BCUT2D eigenvalue weighted by Crippen LogP contribution is 2.44. The van der Waals surface area contributed by atoms with Crippen LogP contribution >= 0.6 is 0 Å². The molecule has 3 aliphatic rings. The lowest BCUT2D eigenvalue weighted by Crippen LogP contribution is -2.25. The number of fused-ring (bicyclic) bond motifs is 3. The van der Waals surface area contributed by atoms with E-state index in [0.29, 0.717) is 0 Å². The summed E-state index contributed by atoms with van der Waals surface area (Å²) in [6.07, 6.45) is 1.10. The summed E-state index contributed by atoms with van der Waals surface area (Å²) in [5, 5.41) is 0.308. The Bertz CT molecular complexity index is 641. The van der Waals surface area contributed by atoms with Gasteiger partial charge in [0.05, 0.1) is 5.25 Å². The van der Waals surface area contributed by atoms with Gasteiger partial charge in [-0.25, -0.2) is 0 Å². The average molecular weight is 298 g/mol. The number of allylic oxidation sites excluding steroid dienone is 1.